The second-order valence-corrected chi connectivity index (χ2v) is 5.40. The van der Waals surface area contributed by atoms with Crippen LogP contribution in [0, 0.1) is 0 Å². The number of hydrogen-bond acceptors (Lipinski definition) is 2. The maximum atomic E-state index is 12.3. The number of carbonyl (C=O) groups excluding carboxylic acids is 1. The van der Waals surface area contributed by atoms with Crippen LogP contribution in [0.4, 0.5) is 11.4 Å². The van der Waals surface area contributed by atoms with Crippen molar-refractivity contribution in [1.29, 1.82) is 0 Å². The molecule has 0 saturated carbocycles. The van der Waals surface area contributed by atoms with Crippen LogP contribution < -0.4 is 11.1 Å². The topological polar surface area (TPSA) is 70.9 Å². The molecule has 3 aromatic rings. The smallest absolute Gasteiger partial charge is 0.257 e. The van der Waals surface area contributed by atoms with Gasteiger partial charge in [-0.15, -0.1) is 0 Å². The zero-order valence-corrected chi connectivity index (χ0v) is 12.3. The van der Waals surface area contributed by atoms with Gasteiger partial charge in [0.1, 0.15) is 0 Å². The Hall–Kier alpha value is -2.17. The molecule has 0 aliphatic carbocycles. The van der Waals surface area contributed by atoms with Gasteiger partial charge in [0.05, 0.1) is 15.6 Å². The van der Waals surface area contributed by atoms with E-state index in [9.17, 15) is 4.79 Å². The molecule has 0 unspecified atom stereocenters. The second kappa shape index (κ2) is 5.31. The first-order valence-corrected chi connectivity index (χ1v) is 6.93. The number of rotatable bonds is 2. The van der Waals surface area contributed by atoms with E-state index in [-0.39, 0.29) is 5.91 Å². The lowest BCUT2D eigenvalue weighted by atomic mass is 10.1. The Balaban J connectivity index is 1.93. The lowest BCUT2D eigenvalue weighted by molar-refractivity contribution is 0.102. The molecule has 1 amide bonds. The fourth-order valence-corrected chi connectivity index (χ4v) is 2.40. The number of nitrogens with two attached hydrogens (primary N) is 1. The van der Waals surface area contributed by atoms with Crippen molar-refractivity contribution < 1.29 is 4.79 Å². The summed E-state index contributed by atoms with van der Waals surface area (Å²) >= 11 is 11.8. The standard InChI is InChI=1S/C15H11Cl2N3O/c16-12-3-2-9(6-13(12)17)20-15(21)11-7-19-14-4-1-8(18)5-10(11)14/h1-7,19H,18H2,(H,20,21). The number of anilines is 2. The third-order valence-corrected chi connectivity index (χ3v) is 3.87. The SMILES string of the molecule is Nc1ccc2[nH]cc(C(=O)Nc3ccc(Cl)c(Cl)c3)c2c1. The maximum absolute atomic E-state index is 12.3. The van der Waals surface area contributed by atoms with Crippen LogP contribution in [-0.2, 0) is 0 Å². The zero-order chi connectivity index (χ0) is 15.0. The van der Waals surface area contributed by atoms with E-state index >= 15 is 0 Å². The number of fused-ring (bicyclic) bond motifs is 1. The summed E-state index contributed by atoms with van der Waals surface area (Å²) < 4.78 is 0. The van der Waals surface area contributed by atoms with Crippen LogP contribution in [0.15, 0.2) is 42.6 Å². The van der Waals surface area contributed by atoms with Crippen LogP contribution in [0.3, 0.4) is 0 Å². The summed E-state index contributed by atoms with van der Waals surface area (Å²) in [6.45, 7) is 0. The molecule has 0 radical (unpaired) electrons. The largest absolute Gasteiger partial charge is 0.399 e. The fraction of sp³-hybridized carbons (Fsp3) is 0. The third-order valence-electron chi connectivity index (χ3n) is 3.13. The van der Waals surface area contributed by atoms with Gasteiger partial charge in [0.25, 0.3) is 5.91 Å². The van der Waals surface area contributed by atoms with Crippen LogP contribution in [0.2, 0.25) is 10.0 Å². The summed E-state index contributed by atoms with van der Waals surface area (Å²) in [5.74, 6) is -0.245. The molecule has 4 N–H and O–H groups in total. The summed E-state index contributed by atoms with van der Waals surface area (Å²) in [5, 5.41) is 4.38. The predicted molar refractivity (Wildman–Crippen MR) is 87.1 cm³/mol. The van der Waals surface area contributed by atoms with Crippen molar-refractivity contribution in [3.8, 4) is 0 Å². The van der Waals surface area contributed by atoms with Gasteiger partial charge < -0.3 is 16.0 Å². The molecule has 0 bridgehead atoms. The Kier molecular flexibility index (Phi) is 3.49. The van der Waals surface area contributed by atoms with Crippen molar-refractivity contribution >= 4 is 51.4 Å². The highest BCUT2D eigenvalue weighted by atomic mass is 35.5. The molecule has 21 heavy (non-hydrogen) atoms. The third kappa shape index (κ3) is 2.68. The molecule has 2 aromatic carbocycles. The monoisotopic (exact) mass is 319 g/mol. The number of amides is 1. The van der Waals surface area contributed by atoms with Gasteiger partial charge in [0.15, 0.2) is 0 Å². The van der Waals surface area contributed by atoms with E-state index in [1.807, 2.05) is 6.07 Å². The number of H-pyrrole nitrogens is 1. The molecule has 3 rings (SSSR count). The molecule has 0 fully saturated rings. The molecule has 1 aromatic heterocycles. The van der Waals surface area contributed by atoms with Gasteiger partial charge in [0, 0.05) is 28.5 Å². The molecule has 0 aliphatic rings. The van der Waals surface area contributed by atoms with E-state index in [2.05, 4.69) is 10.3 Å². The van der Waals surface area contributed by atoms with Gasteiger partial charge in [0.2, 0.25) is 0 Å². The minimum absolute atomic E-state index is 0.245. The van der Waals surface area contributed by atoms with E-state index in [1.165, 1.54) is 0 Å². The Morgan fingerprint density at radius 1 is 1.10 bits per heavy atom. The van der Waals surface area contributed by atoms with Gasteiger partial charge in [-0.25, -0.2) is 0 Å². The molecule has 0 saturated heterocycles. The molecular weight excluding hydrogens is 309 g/mol. The summed E-state index contributed by atoms with van der Waals surface area (Å²) in [4.78, 5) is 15.4. The number of halogens is 2. The summed E-state index contributed by atoms with van der Waals surface area (Å²) in [7, 11) is 0. The van der Waals surface area contributed by atoms with Crippen molar-refractivity contribution in [2.45, 2.75) is 0 Å². The van der Waals surface area contributed by atoms with Crippen molar-refractivity contribution in [1.82, 2.24) is 4.98 Å². The summed E-state index contributed by atoms with van der Waals surface area (Å²) in [5.41, 5.74) is 8.31. The van der Waals surface area contributed by atoms with Crippen LogP contribution >= 0.6 is 23.2 Å². The molecule has 106 valence electrons. The first kappa shape index (κ1) is 13.8. The van der Waals surface area contributed by atoms with E-state index in [0.29, 0.717) is 27.0 Å². The first-order chi connectivity index (χ1) is 10.0. The lowest BCUT2D eigenvalue weighted by Crippen LogP contribution is -2.11. The van der Waals surface area contributed by atoms with Crippen molar-refractivity contribution in [2.75, 3.05) is 11.1 Å². The van der Waals surface area contributed by atoms with E-state index in [4.69, 9.17) is 28.9 Å². The number of aromatic amines is 1. The molecular formula is C15H11Cl2N3O. The number of hydrogen-bond donors (Lipinski definition) is 3. The molecule has 0 atom stereocenters. The quantitative estimate of drug-likeness (QED) is 0.616. The fourth-order valence-electron chi connectivity index (χ4n) is 2.10. The van der Waals surface area contributed by atoms with Crippen LogP contribution in [0.5, 0.6) is 0 Å². The normalized spacial score (nSPS) is 10.8. The lowest BCUT2D eigenvalue weighted by Gasteiger charge is -2.06. The van der Waals surface area contributed by atoms with Gasteiger partial charge in [-0.1, -0.05) is 23.2 Å². The average Bonchev–Trinajstić information content (AvgIpc) is 2.86. The van der Waals surface area contributed by atoms with Gasteiger partial charge >= 0.3 is 0 Å². The first-order valence-electron chi connectivity index (χ1n) is 6.17. The number of aromatic nitrogens is 1. The molecule has 1 heterocycles. The van der Waals surface area contributed by atoms with Crippen molar-refractivity contribution in [3.63, 3.8) is 0 Å². The highest BCUT2D eigenvalue weighted by molar-refractivity contribution is 6.42. The molecule has 0 spiro atoms. The van der Waals surface area contributed by atoms with Gasteiger partial charge in [-0.3, -0.25) is 4.79 Å². The van der Waals surface area contributed by atoms with E-state index in [0.717, 1.165) is 10.9 Å². The maximum Gasteiger partial charge on any atom is 0.257 e. The Morgan fingerprint density at radius 3 is 2.67 bits per heavy atom. The number of benzene rings is 2. The van der Waals surface area contributed by atoms with Crippen LogP contribution in [0.1, 0.15) is 10.4 Å². The molecule has 6 heteroatoms. The Labute approximate surface area is 130 Å². The highest BCUT2D eigenvalue weighted by Crippen LogP contribution is 2.26. The summed E-state index contributed by atoms with van der Waals surface area (Å²) in [6.07, 6.45) is 1.65. The zero-order valence-electron chi connectivity index (χ0n) is 10.8. The number of nitrogen functional groups attached to an aromatic ring is 1. The van der Waals surface area contributed by atoms with Crippen LogP contribution in [0.25, 0.3) is 10.9 Å². The minimum Gasteiger partial charge on any atom is -0.399 e. The van der Waals surface area contributed by atoms with Crippen molar-refractivity contribution in [3.05, 3.63) is 58.2 Å². The average molecular weight is 320 g/mol. The molecule has 4 nitrogen and oxygen atoms in total. The number of nitrogens with one attached hydrogen (secondary N) is 2. The molecule has 0 aliphatic heterocycles. The second-order valence-electron chi connectivity index (χ2n) is 4.59. The van der Waals surface area contributed by atoms with E-state index < -0.39 is 0 Å². The number of carbonyl (C=O) groups is 1. The highest BCUT2D eigenvalue weighted by Gasteiger charge is 2.13. The van der Waals surface area contributed by atoms with Gasteiger partial charge in [-0.05, 0) is 36.4 Å². The Morgan fingerprint density at radius 2 is 1.90 bits per heavy atom. The summed E-state index contributed by atoms with van der Waals surface area (Å²) in [6, 6.07) is 10.3. The van der Waals surface area contributed by atoms with Gasteiger partial charge in [-0.2, -0.15) is 0 Å². The van der Waals surface area contributed by atoms with Crippen molar-refractivity contribution in [2.24, 2.45) is 0 Å². The van der Waals surface area contributed by atoms with Crippen LogP contribution in [-0.4, -0.2) is 10.9 Å². The predicted octanol–water partition coefficient (Wildman–Crippen LogP) is 4.31. The minimum atomic E-state index is -0.245. The Bertz CT molecular complexity index is 842. The van der Waals surface area contributed by atoms with E-state index in [1.54, 1.807) is 36.5 Å².